The lowest BCUT2D eigenvalue weighted by Gasteiger charge is -2.13. The minimum absolute atomic E-state index is 0.0874. The topological polar surface area (TPSA) is 80.2 Å². The predicted octanol–water partition coefficient (Wildman–Crippen LogP) is 3.89. The van der Waals surface area contributed by atoms with Crippen LogP contribution in [0.4, 0.5) is 0 Å². The van der Waals surface area contributed by atoms with Crippen LogP contribution >= 0.6 is 0 Å². The van der Waals surface area contributed by atoms with E-state index >= 15 is 0 Å². The number of rotatable bonds is 8. The average Bonchev–Trinajstić information content (AvgIpc) is 2.75. The van der Waals surface area contributed by atoms with Gasteiger partial charge in [-0.05, 0) is 48.9 Å². The van der Waals surface area contributed by atoms with Gasteiger partial charge in [-0.25, -0.2) is 5.43 Å². The lowest BCUT2D eigenvalue weighted by molar-refractivity contribution is -0.127. The first-order valence-electron chi connectivity index (χ1n) is 9.16. The van der Waals surface area contributed by atoms with E-state index < -0.39 is 12.0 Å². The van der Waals surface area contributed by atoms with Crippen molar-refractivity contribution in [2.45, 2.75) is 19.6 Å². The van der Waals surface area contributed by atoms with Gasteiger partial charge in [0, 0.05) is 5.56 Å². The van der Waals surface area contributed by atoms with E-state index in [-0.39, 0.29) is 5.75 Å². The number of aromatic hydroxyl groups is 1. The number of benzene rings is 3. The molecule has 1 atom stereocenters. The molecule has 0 aliphatic carbocycles. The first-order chi connectivity index (χ1) is 14.1. The standard InChI is InChI=1S/C23H22N2O4/c1-17(23(27)25-24-15-19-9-5-6-10-22(19)26)29-21-13-11-20(12-14-21)28-16-18-7-3-2-4-8-18/h2-15,17,26H,16H2,1H3,(H,25,27)/b24-15-/t17-/m0/s1. The van der Waals surface area contributed by atoms with Gasteiger partial charge < -0.3 is 14.6 Å². The highest BCUT2D eigenvalue weighted by Gasteiger charge is 2.14. The summed E-state index contributed by atoms with van der Waals surface area (Å²) in [6.45, 7) is 2.11. The highest BCUT2D eigenvalue weighted by molar-refractivity contribution is 5.86. The third-order valence-electron chi connectivity index (χ3n) is 4.07. The summed E-state index contributed by atoms with van der Waals surface area (Å²) in [6, 6.07) is 23.7. The highest BCUT2D eigenvalue weighted by Crippen LogP contribution is 2.20. The van der Waals surface area contributed by atoms with Gasteiger partial charge in [0.15, 0.2) is 6.10 Å². The molecule has 3 rings (SSSR count). The molecular weight excluding hydrogens is 368 g/mol. The molecule has 0 heterocycles. The maximum atomic E-state index is 12.1. The fourth-order valence-corrected chi connectivity index (χ4v) is 2.47. The summed E-state index contributed by atoms with van der Waals surface area (Å²) in [5, 5.41) is 13.5. The Morgan fingerprint density at radius 2 is 1.66 bits per heavy atom. The first kappa shape index (κ1) is 19.9. The number of carbonyl (C=O) groups excluding carboxylic acids is 1. The zero-order chi connectivity index (χ0) is 20.5. The Kier molecular flexibility index (Phi) is 6.84. The van der Waals surface area contributed by atoms with Crippen LogP contribution in [0.3, 0.4) is 0 Å². The second-order valence-corrected chi connectivity index (χ2v) is 6.30. The summed E-state index contributed by atoms with van der Waals surface area (Å²) in [5.41, 5.74) is 3.99. The zero-order valence-electron chi connectivity index (χ0n) is 16.0. The van der Waals surface area contributed by atoms with Gasteiger partial charge in [-0.3, -0.25) is 4.79 Å². The van der Waals surface area contributed by atoms with Gasteiger partial charge in [0.1, 0.15) is 23.9 Å². The number of amides is 1. The van der Waals surface area contributed by atoms with Crippen LogP contribution in [0.5, 0.6) is 17.2 Å². The molecule has 6 heteroatoms. The average molecular weight is 390 g/mol. The van der Waals surface area contributed by atoms with Gasteiger partial charge in [0.25, 0.3) is 5.91 Å². The molecule has 3 aromatic rings. The highest BCUT2D eigenvalue weighted by atomic mass is 16.5. The lowest BCUT2D eigenvalue weighted by atomic mass is 10.2. The molecule has 0 aliphatic heterocycles. The summed E-state index contributed by atoms with van der Waals surface area (Å²) in [5.74, 6) is 0.945. The fraction of sp³-hybridized carbons (Fsp3) is 0.130. The second-order valence-electron chi connectivity index (χ2n) is 6.30. The summed E-state index contributed by atoms with van der Waals surface area (Å²) in [7, 11) is 0. The molecule has 0 unspecified atom stereocenters. The molecule has 0 saturated heterocycles. The Hall–Kier alpha value is -3.80. The number of carbonyl (C=O) groups is 1. The van der Waals surface area contributed by atoms with Crippen molar-refractivity contribution >= 4 is 12.1 Å². The number of hydrogen-bond donors (Lipinski definition) is 2. The molecule has 0 fully saturated rings. The van der Waals surface area contributed by atoms with Crippen molar-refractivity contribution in [1.29, 1.82) is 0 Å². The maximum Gasteiger partial charge on any atom is 0.280 e. The van der Waals surface area contributed by atoms with Gasteiger partial charge in [0.2, 0.25) is 0 Å². The Morgan fingerprint density at radius 1 is 1.00 bits per heavy atom. The van der Waals surface area contributed by atoms with Gasteiger partial charge in [-0.2, -0.15) is 5.10 Å². The van der Waals surface area contributed by atoms with Gasteiger partial charge in [-0.15, -0.1) is 0 Å². The molecule has 0 spiro atoms. The third kappa shape index (κ3) is 6.10. The molecule has 0 aromatic heterocycles. The smallest absolute Gasteiger partial charge is 0.280 e. The van der Waals surface area contributed by atoms with Crippen LogP contribution in [0.25, 0.3) is 0 Å². The van der Waals surface area contributed by atoms with Crippen molar-refractivity contribution in [2.24, 2.45) is 5.10 Å². The number of nitrogens with one attached hydrogen (secondary N) is 1. The first-order valence-corrected chi connectivity index (χ1v) is 9.16. The number of ether oxygens (including phenoxy) is 2. The summed E-state index contributed by atoms with van der Waals surface area (Å²) in [6.07, 6.45) is 0.631. The summed E-state index contributed by atoms with van der Waals surface area (Å²) in [4.78, 5) is 12.1. The Morgan fingerprint density at radius 3 is 2.38 bits per heavy atom. The number of phenolic OH excluding ortho intramolecular Hbond substituents is 1. The van der Waals surface area contributed by atoms with Crippen LogP contribution < -0.4 is 14.9 Å². The van der Waals surface area contributed by atoms with E-state index in [2.05, 4.69) is 10.5 Å². The van der Waals surface area contributed by atoms with Crippen LogP contribution in [-0.4, -0.2) is 23.3 Å². The van der Waals surface area contributed by atoms with E-state index in [0.29, 0.717) is 23.7 Å². The van der Waals surface area contributed by atoms with Gasteiger partial charge >= 0.3 is 0 Å². The minimum Gasteiger partial charge on any atom is -0.507 e. The monoisotopic (exact) mass is 390 g/mol. The van der Waals surface area contributed by atoms with E-state index in [9.17, 15) is 9.90 Å². The fourth-order valence-electron chi connectivity index (χ4n) is 2.47. The lowest BCUT2D eigenvalue weighted by Crippen LogP contribution is -2.33. The van der Waals surface area contributed by atoms with E-state index in [4.69, 9.17) is 9.47 Å². The van der Waals surface area contributed by atoms with E-state index in [1.54, 1.807) is 55.5 Å². The molecule has 148 valence electrons. The number of hydrogen-bond acceptors (Lipinski definition) is 5. The normalized spacial score (nSPS) is 11.8. The van der Waals surface area contributed by atoms with Crippen molar-refractivity contribution in [3.05, 3.63) is 90.0 Å². The van der Waals surface area contributed by atoms with E-state index in [1.165, 1.54) is 6.21 Å². The summed E-state index contributed by atoms with van der Waals surface area (Å²) >= 11 is 0. The predicted molar refractivity (Wildman–Crippen MR) is 111 cm³/mol. The molecule has 0 saturated carbocycles. The molecule has 0 radical (unpaired) electrons. The maximum absolute atomic E-state index is 12.1. The third-order valence-corrected chi connectivity index (χ3v) is 4.07. The van der Waals surface area contributed by atoms with Crippen molar-refractivity contribution in [3.8, 4) is 17.2 Å². The van der Waals surface area contributed by atoms with Crippen LogP contribution in [-0.2, 0) is 11.4 Å². The Bertz CT molecular complexity index is 956. The number of nitrogens with zero attached hydrogens (tertiary/aromatic N) is 1. The Labute approximate surface area is 169 Å². The number of phenols is 1. The molecule has 0 bridgehead atoms. The largest absolute Gasteiger partial charge is 0.507 e. The van der Waals surface area contributed by atoms with Gasteiger partial charge in [-0.1, -0.05) is 42.5 Å². The second kappa shape index (κ2) is 9.94. The number of hydrazone groups is 1. The zero-order valence-corrected chi connectivity index (χ0v) is 16.0. The summed E-state index contributed by atoms with van der Waals surface area (Å²) < 4.78 is 11.4. The van der Waals surface area contributed by atoms with E-state index in [1.807, 2.05) is 30.3 Å². The van der Waals surface area contributed by atoms with Crippen molar-refractivity contribution in [1.82, 2.24) is 5.43 Å². The molecule has 6 nitrogen and oxygen atoms in total. The quantitative estimate of drug-likeness (QED) is 0.452. The van der Waals surface area contributed by atoms with Crippen LogP contribution in [0.1, 0.15) is 18.1 Å². The van der Waals surface area contributed by atoms with Crippen molar-refractivity contribution in [2.75, 3.05) is 0 Å². The molecule has 0 aliphatic rings. The molecule has 3 aromatic carbocycles. The molecule has 1 amide bonds. The van der Waals surface area contributed by atoms with Crippen LogP contribution in [0.2, 0.25) is 0 Å². The van der Waals surface area contributed by atoms with Crippen molar-refractivity contribution < 1.29 is 19.4 Å². The molecular formula is C23H22N2O4. The van der Waals surface area contributed by atoms with E-state index in [0.717, 1.165) is 5.56 Å². The van der Waals surface area contributed by atoms with Crippen LogP contribution in [0.15, 0.2) is 84.0 Å². The van der Waals surface area contributed by atoms with Gasteiger partial charge in [0.05, 0.1) is 6.21 Å². The van der Waals surface area contributed by atoms with Crippen LogP contribution in [0, 0.1) is 0 Å². The number of para-hydroxylation sites is 1. The minimum atomic E-state index is -0.743. The Balaban J connectivity index is 1.47. The molecule has 29 heavy (non-hydrogen) atoms. The SMILES string of the molecule is C[C@H](Oc1ccc(OCc2ccccc2)cc1)C(=O)N/N=C\c1ccccc1O. The van der Waals surface area contributed by atoms with Crippen molar-refractivity contribution in [3.63, 3.8) is 0 Å². The molecule has 2 N–H and O–H groups in total.